The summed E-state index contributed by atoms with van der Waals surface area (Å²) in [4.78, 5) is 33.2. The van der Waals surface area contributed by atoms with Crippen molar-refractivity contribution < 1.29 is 36.9 Å². The molecule has 0 fully saturated rings. The Morgan fingerprint density at radius 3 is 2.83 bits per heavy atom. The Bertz CT molecular complexity index is 992. The van der Waals surface area contributed by atoms with Gasteiger partial charge in [-0.3, -0.25) is 4.79 Å². The molecule has 0 aromatic carbocycles. The summed E-state index contributed by atoms with van der Waals surface area (Å²) in [6, 6.07) is 0.751. The molecule has 1 unspecified atom stereocenters. The predicted molar refractivity (Wildman–Crippen MR) is 96.5 cm³/mol. The monoisotopic (exact) mass is 446 g/mol. The summed E-state index contributed by atoms with van der Waals surface area (Å²) in [7, 11) is 0. The first kappa shape index (κ1) is 21.6. The standard InChI is InChI=1S/C17H14ClF3N4O5/c1-2-28-16(27)13-10(7-29-25-13)14(26)12-4-9(30-24-12)6-23-15-11(18)3-8(5-22-15)17(19,20)21/h3,5,7,9H,2,4,6H2,1H3,(H,22,23). The largest absolute Gasteiger partial charge is 0.461 e. The average molecular weight is 447 g/mol. The van der Waals surface area contributed by atoms with Gasteiger partial charge in [0.25, 0.3) is 0 Å². The molecule has 3 rings (SSSR count). The van der Waals surface area contributed by atoms with E-state index >= 15 is 0 Å². The van der Waals surface area contributed by atoms with Crippen molar-refractivity contribution in [1.29, 1.82) is 0 Å². The highest BCUT2D eigenvalue weighted by atomic mass is 35.5. The second-order valence-corrected chi connectivity index (χ2v) is 6.44. The number of nitrogens with zero attached hydrogens (tertiary/aromatic N) is 3. The van der Waals surface area contributed by atoms with Crippen LogP contribution in [0.4, 0.5) is 19.0 Å². The number of halogens is 4. The van der Waals surface area contributed by atoms with E-state index in [9.17, 15) is 22.8 Å². The Hall–Kier alpha value is -3.15. The van der Waals surface area contributed by atoms with Crippen LogP contribution in [0.2, 0.25) is 5.02 Å². The number of ketones is 1. The molecule has 13 heteroatoms. The Morgan fingerprint density at radius 1 is 1.40 bits per heavy atom. The summed E-state index contributed by atoms with van der Waals surface area (Å²) >= 11 is 5.83. The van der Waals surface area contributed by atoms with Crippen LogP contribution in [0.15, 0.2) is 28.2 Å². The van der Waals surface area contributed by atoms with E-state index in [1.54, 1.807) is 6.92 Å². The highest BCUT2D eigenvalue weighted by Crippen LogP contribution is 2.32. The van der Waals surface area contributed by atoms with Crippen LogP contribution in [0.25, 0.3) is 0 Å². The van der Waals surface area contributed by atoms with Crippen molar-refractivity contribution in [2.75, 3.05) is 18.5 Å². The van der Waals surface area contributed by atoms with Crippen LogP contribution in [-0.4, -0.2) is 46.9 Å². The molecule has 0 aliphatic carbocycles. The Kier molecular flexibility index (Phi) is 6.25. The fraction of sp³-hybridized carbons (Fsp3) is 0.353. The number of oxime groups is 1. The molecule has 1 aliphatic rings. The molecule has 0 saturated carbocycles. The topological polar surface area (TPSA) is 116 Å². The lowest BCUT2D eigenvalue weighted by Gasteiger charge is -2.13. The minimum Gasteiger partial charge on any atom is -0.461 e. The molecule has 1 atom stereocenters. The van der Waals surface area contributed by atoms with Crippen molar-refractivity contribution >= 4 is 34.9 Å². The molecule has 0 spiro atoms. The van der Waals surface area contributed by atoms with E-state index in [1.165, 1.54) is 0 Å². The van der Waals surface area contributed by atoms with Gasteiger partial charge in [0, 0.05) is 12.6 Å². The first-order valence-electron chi connectivity index (χ1n) is 8.56. The number of pyridine rings is 1. The highest BCUT2D eigenvalue weighted by Gasteiger charge is 2.33. The third kappa shape index (κ3) is 4.70. The van der Waals surface area contributed by atoms with Gasteiger partial charge >= 0.3 is 12.1 Å². The SMILES string of the molecule is CCOC(=O)c1nocc1C(=O)C1=NOC(CNc2ncc(C(F)(F)F)cc2Cl)C1. The molecule has 1 N–H and O–H groups in total. The Morgan fingerprint density at radius 2 is 2.17 bits per heavy atom. The maximum atomic E-state index is 12.7. The number of nitrogens with one attached hydrogen (secondary N) is 1. The lowest BCUT2D eigenvalue weighted by Crippen LogP contribution is -2.23. The maximum absolute atomic E-state index is 12.7. The van der Waals surface area contributed by atoms with Crippen LogP contribution in [0.5, 0.6) is 0 Å². The van der Waals surface area contributed by atoms with E-state index in [0.717, 1.165) is 12.3 Å². The summed E-state index contributed by atoms with van der Waals surface area (Å²) in [6.45, 7) is 1.76. The minimum atomic E-state index is -4.56. The molecule has 0 bridgehead atoms. The van der Waals surface area contributed by atoms with Crippen LogP contribution in [0, 0.1) is 0 Å². The van der Waals surface area contributed by atoms with Gasteiger partial charge in [0.1, 0.15) is 17.8 Å². The van der Waals surface area contributed by atoms with E-state index in [4.69, 9.17) is 21.2 Å². The summed E-state index contributed by atoms with van der Waals surface area (Å²) in [5, 5.41) is 9.71. The van der Waals surface area contributed by atoms with Crippen molar-refractivity contribution in [2.24, 2.45) is 5.16 Å². The molecular formula is C17H14ClF3N4O5. The number of esters is 1. The molecule has 0 saturated heterocycles. The van der Waals surface area contributed by atoms with E-state index in [2.05, 4.69) is 25.1 Å². The lowest BCUT2D eigenvalue weighted by molar-refractivity contribution is -0.137. The number of Topliss-reactive ketones (excluding diaryl/α,β-unsaturated/α-hetero) is 1. The van der Waals surface area contributed by atoms with E-state index < -0.39 is 29.6 Å². The number of hydrogen-bond acceptors (Lipinski definition) is 9. The molecule has 0 amide bonds. The number of alkyl halides is 3. The van der Waals surface area contributed by atoms with Crippen molar-refractivity contribution in [3.8, 4) is 0 Å². The zero-order valence-corrected chi connectivity index (χ0v) is 16.1. The van der Waals surface area contributed by atoms with Crippen molar-refractivity contribution in [3.63, 3.8) is 0 Å². The number of rotatable bonds is 7. The summed E-state index contributed by atoms with van der Waals surface area (Å²) in [5.41, 5.74) is -1.34. The lowest BCUT2D eigenvalue weighted by atomic mass is 10.0. The average Bonchev–Trinajstić information content (AvgIpc) is 3.35. The highest BCUT2D eigenvalue weighted by molar-refractivity contribution is 6.47. The van der Waals surface area contributed by atoms with Crippen LogP contribution in [0.1, 0.15) is 39.8 Å². The van der Waals surface area contributed by atoms with Crippen LogP contribution < -0.4 is 5.32 Å². The second-order valence-electron chi connectivity index (χ2n) is 6.03. The van der Waals surface area contributed by atoms with Gasteiger partial charge in [0.2, 0.25) is 11.5 Å². The van der Waals surface area contributed by atoms with E-state index in [0.29, 0.717) is 6.20 Å². The van der Waals surface area contributed by atoms with Crippen molar-refractivity contribution in [3.05, 3.63) is 40.4 Å². The number of carbonyl (C=O) groups is 2. The quantitative estimate of drug-likeness (QED) is 0.508. The molecule has 160 valence electrons. The van der Waals surface area contributed by atoms with E-state index in [-0.39, 0.29) is 47.4 Å². The van der Waals surface area contributed by atoms with Crippen LogP contribution in [-0.2, 0) is 15.8 Å². The number of ether oxygens (including phenoxy) is 1. The third-order valence-electron chi connectivity index (χ3n) is 3.94. The summed E-state index contributed by atoms with van der Waals surface area (Å²) in [6.07, 6.45) is -3.45. The van der Waals surface area contributed by atoms with Crippen molar-refractivity contribution in [2.45, 2.75) is 25.6 Å². The molecule has 9 nitrogen and oxygen atoms in total. The first-order valence-corrected chi connectivity index (χ1v) is 8.94. The zero-order valence-electron chi connectivity index (χ0n) is 15.3. The Balaban J connectivity index is 1.59. The summed E-state index contributed by atoms with van der Waals surface area (Å²) in [5.74, 6) is -1.40. The molecular weight excluding hydrogens is 433 g/mol. The van der Waals surface area contributed by atoms with Crippen LogP contribution >= 0.6 is 11.6 Å². The smallest absolute Gasteiger partial charge is 0.417 e. The zero-order chi connectivity index (χ0) is 21.9. The number of hydrogen-bond donors (Lipinski definition) is 1. The molecule has 30 heavy (non-hydrogen) atoms. The first-order chi connectivity index (χ1) is 14.2. The molecule has 1 aliphatic heterocycles. The van der Waals surface area contributed by atoms with Gasteiger partial charge in [-0.2, -0.15) is 13.2 Å². The number of carbonyl (C=O) groups excluding carboxylic acids is 2. The number of aromatic nitrogens is 2. The van der Waals surface area contributed by atoms with Gasteiger partial charge in [0.05, 0.1) is 29.3 Å². The predicted octanol–water partition coefficient (Wildman–Crippen LogP) is 3.36. The fourth-order valence-electron chi connectivity index (χ4n) is 2.51. The minimum absolute atomic E-state index is 0.0158. The van der Waals surface area contributed by atoms with E-state index in [1.807, 2.05) is 0 Å². The molecule has 0 radical (unpaired) electrons. The Labute approximate surface area is 172 Å². The third-order valence-corrected chi connectivity index (χ3v) is 4.23. The van der Waals surface area contributed by atoms with Gasteiger partial charge < -0.3 is 19.4 Å². The fourth-order valence-corrected chi connectivity index (χ4v) is 2.74. The van der Waals surface area contributed by atoms with Gasteiger partial charge in [-0.1, -0.05) is 21.9 Å². The van der Waals surface area contributed by atoms with Gasteiger partial charge in [-0.25, -0.2) is 9.78 Å². The second kappa shape index (κ2) is 8.69. The van der Waals surface area contributed by atoms with Gasteiger partial charge in [-0.05, 0) is 13.0 Å². The van der Waals surface area contributed by atoms with Crippen LogP contribution in [0.3, 0.4) is 0 Å². The normalized spacial score (nSPS) is 16.0. The summed E-state index contributed by atoms with van der Waals surface area (Å²) < 4.78 is 47.5. The van der Waals surface area contributed by atoms with Crippen molar-refractivity contribution in [1.82, 2.24) is 10.1 Å². The molecule has 2 aromatic heterocycles. The number of anilines is 1. The maximum Gasteiger partial charge on any atom is 0.417 e. The molecule has 3 heterocycles. The van der Waals surface area contributed by atoms with Gasteiger partial charge in [-0.15, -0.1) is 0 Å². The molecule has 2 aromatic rings. The van der Waals surface area contributed by atoms with Gasteiger partial charge in [0.15, 0.2) is 6.10 Å².